The van der Waals surface area contributed by atoms with Crippen molar-refractivity contribution < 1.29 is 18.8 Å². The molecule has 1 aromatic rings. The zero-order valence-electron chi connectivity index (χ0n) is 12.7. The summed E-state index contributed by atoms with van der Waals surface area (Å²) in [5.41, 5.74) is 0. The molecule has 122 valence electrons. The Kier molecular flexibility index (Phi) is 6.24. The van der Waals surface area contributed by atoms with E-state index in [2.05, 4.69) is 5.16 Å². The van der Waals surface area contributed by atoms with Crippen molar-refractivity contribution in [3.63, 3.8) is 0 Å². The van der Waals surface area contributed by atoms with E-state index in [1.54, 1.807) is 17.9 Å². The van der Waals surface area contributed by atoms with Crippen molar-refractivity contribution in [3.8, 4) is 0 Å². The summed E-state index contributed by atoms with van der Waals surface area (Å²) in [7, 11) is 0. The summed E-state index contributed by atoms with van der Waals surface area (Å²) in [6, 6.07) is 1.56. The van der Waals surface area contributed by atoms with Crippen LogP contribution in [0.1, 0.15) is 44.8 Å². The van der Waals surface area contributed by atoms with Crippen LogP contribution >= 0.6 is 11.6 Å². The average Bonchev–Trinajstić information content (AvgIpc) is 2.91. The summed E-state index contributed by atoms with van der Waals surface area (Å²) in [6.45, 7) is 2.84. The van der Waals surface area contributed by atoms with Crippen molar-refractivity contribution >= 4 is 23.5 Å². The maximum Gasteiger partial charge on any atom is 0.307 e. The zero-order chi connectivity index (χ0) is 15.9. The number of carbonyl (C=O) groups excluding carboxylic acids is 2. The standard InChI is InChI=1S/C15H21ClN2O4/c1-2-21-15(20)9-11-5-3-4-8-18(11)14(19)7-6-12-10-13(16)17-22-12/h10-11H,2-9H2,1H3. The van der Waals surface area contributed by atoms with Crippen LogP contribution in [-0.4, -0.2) is 41.1 Å². The maximum absolute atomic E-state index is 12.4. The molecule has 0 aromatic carbocycles. The highest BCUT2D eigenvalue weighted by molar-refractivity contribution is 6.29. The largest absolute Gasteiger partial charge is 0.466 e. The predicted molar refractivity (Wildman–Crippen MR) is 80.4 cm³/mol. The highest BCUT2D eigenvalue weighted by Gasteiger charge is 2.28. The third kappa shape index (κ3) is 4.73. The Hall–Kier alpha value is -1.56. The first-order valence-electron chi connectivity index (χ1n) is 7.66. The number of hydrogen-bond acceptors (Lipinski definition) is 5. The number of piperidine rings is 1. The van der Waals surface area contributed by atoms with Crippen LogP contribution < -0.4 is 0 Å². The molecule has 22 heavy (non-hydrogen) atoms. The number of amides is 1. The summed E-state index contributed by atoms with van der Waals surface area (Å²) >= 11 is 5.68. The first-order valence-corrected chi connectivity index (χ1v) is 8.04. The number of ether oxygens (including phenoxy) is 1. The molecule has 0 saturated carbocycles. The molecule has 0 bridgehead atoms. The van der Waals surface area contributed by atoms with Crippen LogP contribution in [0.25, 0.3) is 0 Å². The van der Waals surface area contributed by atoms with E-state index in [1.807, 2.05) is 0 Å². The van der Waals surface area contributed by atoms with Gasteiger partial charge in [0, 0.05) is 31.5 Å². The first-order chi connectivity index (χ1) is 10.6. The molecule has 0 aliphatic carbocycles. The van der Waals surface area contributed by atoms with Crippen molar-refractivity contribution in [1.29, 1.82) is 0 Å². The predicted octanol–water partition coefficient (Wildman–Crippen LogP) is 2.59. The lowest BCUT2D eigenvalue weighted by atomic mass is 9.98. The summed E-state index contributed by atoms with van der Waals surface area (Å²) in [6.07, 6.45) is 3.91. The molecule has 1 saturated heterocycles. The van der Waals surface area contributed by atoms with E-state index in [0.717, 1.165) is 19.3 Å². The molecule has 1 aliphatic heterocycles. The molecular formula is C15H21ClN2O4. The van der Waals surface area contributed by atoms with Crippen LogP contribution in [0.5, 0.6) is 0 Å². The van der Waals surface area contributed by atoms with E-state index in [1.165, 1.54) is 0 Å². The number of aromatic nitrogens is 1. The van der Waals surface area contributed by atoms with Crippen molar-refractivity contribution in [1.82, 2.24) is 10.1 Å². The van der Waals surface area contributed by atoms with E-state index in [-0.39, 0.29) is 24.3 Å². The second-order valence-electron chi connectivity index (χ2n) is 5.36. The van der Waals surface area contributed by atoms with E-state index >= 15 is 0 Å². The Bertz CT molecular complexity index is 517. The van der Waals surface area contributed by atoms with Gasteiger partial charge in [0.1, 0.15) is 5.76 Å². The van der Waals surface area contributed by atoms with Crippen LogP contribution in [0.4, 0.5) is 0 Å². The summed E-state index contributed by atoms with van der Waals surface area (Å²) < 4.78 is 9.99. The van der Waals surface area contributed by atoms with Crippen LogP contribution in [-0.2, 0) is 20.7 Å². The molecule has 1 aliphatic rings. The Morgan fingerprint density at radius 3 is 3.00 bits per heavy atom. The fourth-order valence-corrected chi connectivity index (χ4v) is 2.89. The van der Waals surface area contributed by atoms with Gasteiger partial charge in [0.05, 0.1) is 13.0 Å². The molecule has 2 heterocycles. The van der Waals surface area contributed by atoms with E-state index in [0.29, 0.717) is 36.9 Å². The molecule has 1 fully saturated rings. The minimum Gasteiger partial charge on any atom is -0.466 e. The normalized spacial score (nSPS) is 18.3. The van der Waals surface area contributed by atoms with Gasteiger partial charge in [-0.3, -0.25) is 9.59 Å². The fraction of sp³-hybridized carbons (Fsp3) is 0.667. The SMILES string of the molecule is CCOC(=O)CC1CCCCN1C(=O)CCc1cc(Cl)no1. The van der Waals surface area contributed by atoms with Gasteiger partial charge >= 0.3 is 5.97 Å². The molecule has 6 nitrogen and oxygen atoms in total. The molecule has 1 amide bonds. The minimum atomic E-state index is -0.241. The third-order valence-electron chi connectivity index (χ3n) is 3.77. The van der Waals surface area contributed by atoms with Gasteiger partial charge in [-0.1, -0.05) is 16.8 Å². The molecule has 7 heteroatoms. The molecule has 1 atom stereocenters. The number of nitrogens with zero attached hydrogens (tertiary/aromatic N) is 2. The third-order valence-corrected chi connectivity index (χ3v) is 3.95. The van der Waals surface area contributed by atoms with Crippen LogP contribution in [0, 0.1) is 0 Å². The van der Waals surface area contributed by atoms with E-state index < -0.39 is 0 Å². The monoisotopic (exact) mass is 328 g/mol. The van der Waals surface area contributed by atoms with Crippen LogP contribution in [0.2, 0.25) is 5.15 Å². The second kappa shape index (κ2) is 8.17. The number of likely N-dealkylation sites (tertiary alicyclic amines) is 1. The smallest absolute Gasteiger partial charge is 0.307 e. The Labute approximate surface area is 134 Å². The van der Waals surface area contributed by atoms with Gasteiger partial charge in [0.2, 0.25) is 5.91 Å². The van der Waals surface area contributed by atoms with E-state index in [9.17, 15) is 9.59 Å². The van der Waals surface area contributed by atoms with Crippen molar-refractivity contribution in [2.24, 2.45) is 0 Å². The number of rotatable bonds is 6. The Morgan fingerprint density at radius 1 is 1.50 bits per heavy atom. The number of hydrogen-bond donors (Lipinski definition) is 0. The van der Waals surface area contributed by atoms with Crippen molar-refractivity contribution in [3.05, 3.63) is 17.0 Å². The first kappa shape index (κ1) is 16.8. The maximum atomic E-state index is 12.4. The number of carbonyl (C=O) groups is 2. The summed E-state index contributed by atoms with van der Waals surface area (Å²) in [4.78, 5) is 25.9. The van der Waals surface area contributed by atoms with Crippen molar-refractivity contribution in [2.45, 2.75) is 51.5 Å². The number of aryl methyl sites for hydroxylation is 1. The average molecular weight is 329 g/mol. The van der Waals surface area contributed by atoms with Gasteiger partial charge in [-0.15, -0.1) is 0 Å². The van der Waals surface area contributed by atoms with Gasteiger partial charge in [-0.05, 0) is 26.2 Å². The van der Waals surface area contributed by atoms with Gasteiger partial charge in [-0.25, -0.2) is 0 Å². The lowest BCUT2D eigenvalue weighted by Crippen LogP contribution is -2.45. The topological polar surface area (TPSA) is 72.6 Å². The van der Waals surface area contributed by atoms with E-state index in [4.69, 9.17) is 20.9 Å². The zero-order valence-corrected chi connectivity index (χ0v) is 13.5. The summed E-state index contributed by atoms with van der Waals surface area (Å²) in [5.74, 6) is 0.382. The highest BCUT2D eigenvalue weighted by atomic mass is 35.5. The molecule has 2 rings (SSSR count). The summed E-state index contributed by atoms with van der Waals surface area (Å²) in [5, 5.41) is 3.88. The molecule has 0 radical (unpaired) electrons. The fourth-order valence-electron chi connectivity index (χ4n) is 2.73. The minimum absolute atomic E-state index is 0.0292. The Morgan fingerprint density at radius 2 is 2.32 bits per heavy atom. The second-order valence-corrected chi connectivity index (χ2v) is 5.75. The molecule has 1 aromatic heterocycles. The van der Waals surface area contributed by atoms with Gasteiger partial charge < -0.3 is 14.2 Å². The molecular weight excluding hydrogens is 308 g/mol. The molecule has 1 unspecified atom stereocenters. The van der Waals surface area contributed by atoms with Gasteiger partial charge in [0.25, 0.3) is 0 Å². The number of esters is 1. The van der Waals surface area contributed by atoms with Gasteiger partial charge in [0.15, 0.2) is 5.15 Å². The van der Waals surface area contributed by atoms with Crippen LogP contribution in [0.15, 0.2) is 10.6 Å². The molecule has 0 spiro atoms. The number of halogens is 1. The van der Waals surface area contributed by atoms with Gasteiger partial charge in [-0.2, -0.15) is 0 Å². The van der Waals surface area contributed by atoms with Crippen LogP contribution in [0.3, 0.4) is 0 Å². The lowest BCUT2D eigenvalue weighted by Gasteiger charge is -2.35. The lowest BCUT2D eigenvalue weighted by molar-refractivity contribution is -0.146. The highest BCUT2D eigenvalue weighted by Crippen LogP contribution is 2.22. The Balaban J connectivity index is 1.88. The quantitative estimate of drug-likeness (QED) is 0.750. The molecule has 0 N–H and O–H groups in total. The van der Waals surface area contributed by atoms with Crippen molar-refractivity contribution in [2.75, 3.05) is 13.2 Å².